The molecule has 108 valence electrons. The fourth-order valence-corrected chi connectivity index (χ4v) is 2.01. The number of hydrogen-bond donors (Lipinski definition) is 3. The molecular weight excluding hydrogens is 325 g/mol. The minimum absolute atomic E-state index is 0.126. The summed E-state index contributed by atoms with van der Waals surface area (Å²) in [5, 5.41) is 12.8. The number of alkyl halides is 3. The topological polar surface area (TPSA) is 58.3 Å². The summed E-state index contributed by atoms with van der Waals surface area (Å²) in [7, 11) is 0. The number of benzene rings is 1. The average molecular weight is 341 g/mol. The largest absolute Gasteiger partial charge is 0.418 e. The predicted octanol–water partition coefficient (Wildman–Crippen LogP) is 3.08. The highest BCUT2D eigenvalue weighted by atomic mass is 79.9. The van der Waals surface area contributed by atoms with Crippen LogP contribution in [0.1, 0.15) is 31.1 Å². The molecule has 1 unspecified atom stereocenters. The van der Waals surface area contributed by atoms with Gasteiger partial charge in [0.25, 0.3) is 0 Å². The van der Waals surface area contributed by atoms with Crippen LogP contribution in [0.4, 0.5) is 18.9 Å². The monoisotopic (exact) mass is 340 g/mol. The van der Waals surface area contributed by atoms with E-state index in [9.17, 15) is 18.3 Å². The highest BCUT2D eigenvalue weighted by molar-refractivity contribution is 9.10. The molecule has 0 saturated heterocycles. The molecule has 3 nitrogen and oxygen atoms in total. The average Bonchev–Trinajstić information content (AvgIpc) is 2.27. The molecule has 0 amide bonds. The SMILES string of the molecule is CC(C)NCC(O)c1cc(Br)c(N)c(C(F)(F)F)c1. The highest BCUT2D eigenvalue weighted by Crippen LogP contribution is 2.38. The molecule has 1 aromatic carbocycles. The Morgan fingerprint density at radius 3 is 2.42 bits per heavy atom. The standard InChI is InChI=1S/C12H16BrF3N2O/c1-6(2)18-5-10(19)7-3-8(12(14,15)16)11(17)9(13)4-7/h3-4,6,10,18-19H,5,17H2,1-2H3. The lowest BCUT2D eigenvalue weighted by molar-refractivity contribution is -0.137. The lowest BCUT2D eigenvalue weighted by Crippen LogP contribution is -2.28. The smallest absolute Gasteiger partial charge is 0.397 e. The van der Waals surface area contributed by atoms with Crippen LogP contribution < -0.4 is 11.1 Å². The number of aliphatic hydroxyl groups is 1. The Kier molecular flexibility index (Phi) is 5.23. The van der Waals surface area contributed by atoms with Gasteiger partial charge in [0.15, 0.2) is 0 Å². The number of rotatable bonds is 4. The molecule has 0 radical (unpaired) electrons. The van der Waals surface area contributed by atoms with Crippen molar-refractivity contribution in [2.45, 2.75) is 32.2 Å². The van der Waals surface area contributed by atoms with E-state index in [2.05, 4.69) is 21.2 Å². The predicted molar refractivity (Wildman–Crippen MR) is 71.7 cm³/mol. The van der Waals surface area contributed by atoms with Crippen molar-refractivity contribution in [3.05, 3.63) is 27.7 Å². The van der Waals surface area contributed by atoms with E-state index in [1.165, 1.54) is 6.07 Å². The first-order valence-corrected chi connectivity index (χ1v) is 6.49. The van der Waals surface area contributed by atoms with Crippen molar-refractivity contribution in [2.24, 2.45) is 0 Å². The Morgan fingerprint density at radius 2 is 1.95 bits per heavy atom. The van der Waals surface area contributed by atoms with Gasteiger partial charge < -0.3 is 16.2 Å². The van der Waals surface area contributed by atoms with Gasteiger partial charge in [0.1, 0.15) is 0 Å². The first-order valence-electron chi connectivity index (χ1n) is 5.70. The third-order valence-corrected chi connectivity index (χ3v) is 3.22. The van der Waals surface area contributed by atoms with Crippen molar-refractivity contribution in [1.29, 1.82) is 0 Å². The molecule has 0 aliphatic rings. The molecule has 1 rings (SSSR count). The summed E-state index contributed by atoms with van der Waals surface area (Å²) in [5.74, 6) is 0. The second-order valence-corrected chi connectivity index (χ2v) is 5.39. The summed E-state index contributed by atoms with van der Waals surface area (Å²) in [5.41, 5.74) is 4.25. The summed E-state index contributed by atoms with van der Waals surface area (Å²) in [6.07, 6.45) is -5.58. The molecule has 4 N–H and O–H groups in total. The molecule has 7 heteroatoms. The fraction of sp³-hybridized carbons (Fsp3) is 0.500. The van der Waals surface area contributed by atoms with Gasteiger partial charge in [0.2, 0.25) is 0 Å². The van der Waals surface area contributed by atoms with Crippen LogP contribution in [-0.4, -0.2) is 17.7 Å². The molecule has 0 saturated carbocycles. The normalized spacial score (nSPS) is 13.9. The number of halogens is 4. The number of hydrogen-bond acceptors (Lipinski definition) is 3. The van der Waals surface area contributed by atoms with Crippen LogP contribution in [0.15, 0.2) is 16.6 Å². The number of nitrogens with one attached hydrogen (secondary N) is 1. The van der Waals surface area contributed by atoms with E-state index >= 15 is 0 Å². The number of nitrogen functional groups attached to an aromatic ring is 1. The Bertz CT molecular complexity index is 449. The third-order valence-electron chi connectivity index (χ3n) is 2.56. The number of nitrogens with two attached hydrogens (primary N) is 1. The van der Waals surface area contributed by atoms with E-state index in [-0.39, 0.29) is 28.3 Å². The van der Waals surface area contributed by atoms with E-state index in [1.807, 2.05) is 13.8 Å². The van der Waals surface area contributed by atoms with Gasteiger partial charge in [-0.25, -0.2) is 0 Å². The summed E-state index contributed by atoms with van der Waals surface area (Å²) < 4.78 is 38.5. The maximum absolute atomic E-state index is 12.8. The zero-order chi connectivity index (χ0) is 14.8. The summed E-state index contributed by atoms with van der Waals surface area (Å²) in [6.45, 7) is 3.94. The van der Waals surface area contributed by atoms with Gasteiger partial charge in [-0.3, -0.25) is 0 Å². The Hall–Kier alpha value is -0.790. The van der Waals surface area contributed by atoms with E-state index < -0.39 is 17.8 Å². The van der Waals surface area contributed by atoms with Gasteiger partial charge >= 0.3 is 6.18 Å². The molecule has 0 fully saturated rings. The minimum atomic E-state index is -4.55. The highest BCUT2D eigenvalue weighted by Gasteiger charge is 2.34. The molecule has 0 bridgehead atoms. The van der Waals surface area contributed by atoms with Crippen molar-refractivity contribution >= 4 is 21.6 Å². The van der Waals surface area contributed by atoms with Crippen LogP contribution in [0.3, 0.4) is 0 Å². The molecule has 0 aromatic heterocycles. The van der Waals surface area contributed by atoms with Crippen LogP contribution in [-0.2, 0) is 6.18 Å². The molecule has 19 heavy (non-hydrogen) atoms. The zero-order valence-electron chi connectivity index (χ0n) is 10.6. The lowest BCUT2D eigenvalue weighted by Gasteiger charge is -2.18. The van der Waals surface area contributed by atoms with Gasteiger partial charge in [0, 0.05) is 17.1 Å². The molecule has 0 spiro atoms. The Labute approximate surface area is 118 Å². The van der Waals surface area contributed by atoms with Crippen LogP contribution in [0.5, 0.6) is 0 Å². The second-order valence-electron chi connectivity index (χ2n) is 4.54. The van der Waals surface area contributed by atoms with Gasteiger partial charge in [-0.15, -0.1) is 0 Å². The van der Waals surface area contributed by atoms with Gasteiger partial charge in [0.05, 0.1) is 17.4 Å². The van der Waals surface area contributed by atoms with E-state index in [4.69, 9.17) is 5.73 Å². The quantitative estimate of drug-likeness (QED) is 0.738. The van der Waals surface area contributed by atoms with E-state index in [0.29, 0.717) is 0 Å². The minimum Gasteiger partial charge on any atom is -0.397 e. The van der Waals surface area contributed by atoms with E-state index in [0.717, 1.165) is 6.07 Å². The van der Waals surface area contributed by atoms with E-state index in [1.54, 1.807) is 0 Å². The maximum Gasteiger partial charge on any atom is 0.418 e. The Balaban J connectivity index is 3.06. The number of aliphatic hydroxyl groups excluding tert-OH is 1. The van der Waals surface area contributed by atoms with Gasteiger partial charge in [-0.2, -0.15) is 13.2 Å². The maximum atomic E-state index is 12.8. The first kappa shape index (κ1) is 16.3. The van der Waals surface area contributed by atoms with Crippen LogP contribution in [0.2, 0.25) is 0 Å². The van der Waals surface area contributed by atoms with Crippen LogP contribution >= 0.6 is 15.9 Å². The van der Waals surface area contributed by atoms with Crippen molar-refractivity contribution in [3.63, 3.8) is 0 Å². The first-order chi connectivity index (χ1) is 8.62. The molecule has 0 heterocycles. The Morgan fingerprint density at radius 1 is 1.37 bits per heavy atom. The fourth-order valence-electron chi connectivity index (χ4n) is 1.53. The molecular formula is C12H16BrF3N2O. The van der Waals surface area contributed by atoms with Crippen molar-refractivity contribution in [2.75, 3.05) is 12.3 Å². The summed E-state index contributed by atoms with van der Waals surface area (Å²) in [6, 6.07) is 2.42. The van der Waals surface area contributed by atoms with Crippen molar-refractivity contribution < 1.29 is 18.3 Å². The van der Waals surface area contributed by atoms with Gasteiger partial charge in [-0.05, 0) is 33.6 Å². The second kappa shape index (κ2) is 6.11. The summed E-state index contributed by atoms with van der Waals surface area (Å²) >= 11 is 2.98. The summed E-state index contributed by atoms with van der Waals surface area (Å²) in [4.78, 5) is 0. The van der Waals surface area contributed by atoms with Crippen LogP contribution in [0, 0.1) is 0 Å². The van der Waals surface area contributed by atoms with Gasteiger partial charge in [-0.1, -0.05) is 13.8 Å². The lowest BCUT2D eigenvalue weighted by atomic mass is 10.0. The third kappa shape index (κ3) is 4.36. The molecule has 1 aromatic rings. The molecule has 0 aliphatic carbocycles. The van der Waals surface area contributed by atoms with Crippen molar-refractivity contribution in [3.8, 4) is 0 Å². The molecule has 1 atom stereocenters. The van der Waals surface area contributed by atoms with Crippen molar-refractivity contribution in [1.82, 2.24) is 5.32 Å². The van der Waals surface area contributed by atoms with Crippen LogP contribution in [0.25, 0.3) is 0 Å². The molecule has 0 aliphatic heterocycles. The zero-order valence-corrected chi connectivity index (χ0v) is 12.1. The number of anilines is 1.